The second-order valence-electron chi connectivity index (χ2n) is 8.10. The fraction of sp³-hybridized carbons (Fsp3) is 0.250. The van der Waals surface area contributed by atoms with Crippen molar-refractivity contribution in [3.63, 3.8) is 0 Å². The standard InChI is InChI=1S/C28H29N3O3/c1-4-19-30(27(32)21-11-7-6-8-12-21)20(3)26-29-25-14-10-9-13-24(25)28(33)31(26)22-15-17-23(18-16-22)34-5-2/h6-18,20H,4-5,19H2,1-3H3. The Morgan fingerprint density at radius 1 is 0.971 bits per heavy atom. The van der Waals surface area contributed by atoms with Crippen LogP contribution in [-0.2, 0) is 0 Å². The van der Waals surface area contributed by atoms with Gasteiger partial charge in [-0.3, -0.25) is 14.2 Å². The van der Waals surface area contributed by atoms with Crippen molar-refractivity contribution in [2.24, 2.45) is 0 Å². The molecule has 1 heterocycles. The number of carbonyl (C=O) groups excluding carboxylic acids is 1. The summed E-state index contributed by atoms with van der Waals surface area (Å²) in [7, 11) is 0. The van der Waals surface area contributed by atoms with Crippen LogP contribution in [0.15, 0.2) is 83.7 Å². The molecule has 1 aromatic heterocycles. The van der Waals surface area contributed by atoms with Gasteiger partial charge in [-0.2, -0.15) is 0 Å². The second-order valence-corrected chi connectivity index (χ2v) is 8.10. The number of amides is 1. The molecule has 0 aliphatic heterocycles. The largest absolute Gasteiger partial charge is 0.494 e. The SMILES string of the molecule is CCCN(C(=O)c1ccccc1)C(C)c1nc2ccccc2c(=O)n1-c1ccc(OCC)cc1. The van der Waals surface area contributed by atoms with Crippen molar-refractivity contribution in [3.8, 4) is 11.4 Å². The van der Waals surface area contributed by atoms with E-state index in [9.17, 15) is 9.59 Å². The van der Waals surface area contributed by atoms with E-state index >= 15 is 0 Å². The topological polar surface area (TPSA) is 64.4 Å². The lowest BCUT2D eigenvalue weighted by Gasteiger charge is -2.30. The zero-order valence-corrected chi connectivity index (χ0v) is 19.8. The summed E-state index contributed by atoms with van der Waals surface area (Å²) in [5.41, 5.74) is 1.73. The first-order valence-electron chi connectivity index (χ1n) is 11.7. The molecule has 0 bridgehead atoms. The van der Waals surface area contributed by atoms with Gasteiger partial charge in [0.2, 0.25) is 0 Å². The van der Waals surface area contributed by atoms with Gasteiger partial charge in [0.1, 0.15) is 11.6 Å². The summed E-state index contributed by atoms with van der Waals surface area (Å²) in [6.45, 7) is 6.99. The lowest BCUT2D eigenvalue weighted by Crippen LogP contribution is -2.38. The number of rotatable bonds is 8. The molecule has 0 saturated carbocycles. The van der Waals surface area contributed by atoms with Crippen LogP contribution < -0.4 is 10.3 Å². The van der Waals surface area contributed by atoms with Gasteiger partial charge in [0, 0.05) is 12.1 Å². The van der Waals surface area contributed by atoms with E-state index < -0.39 is 6.04 Å². The Labute approximate surface area is 199 Å². The minimum absolute atomic E-state index is 0.0874. The highest BCUT2D eigenvalue weighted by Crippen LogP contribution is 2.25. The summed E-state index contributed by atoms with van der Waals surface area (Å²) < 4.78 is 7.18. The minimum Gasteiger partial charge on any atom is -0.494 e. The fourth-order valence-corrected chi connectivity index (χ4v) is 4.14. The molecule has 1 amide bonds. The number of ether oxygens (including phenoxy) is 1. The highest BCUT2D eigenvalue weighted by Gasteiger charge is 2.27. The Kier molecular flexibility index (Phi) is 7.07. The second kappa shape index (κ2) is 10.3. The van der Waals surface area contributed by atoms with E-state index in [1.807, 2.05) is 93.6 Å². The van der Waals surface area contributed by atoms with Crippen molar-refractivity contribution in [3.05, 3.63) is 101 Å². The third-order valence-corrected chi connectivity index (χ3v) is 5.79. The molecule has 6 heteroatoms. The quantitative estimate of drug-likeness (QED) is 0.357. The average Bonchev–Trinajstić information content (AvgIpc) is 2.88. The molecule has 34 heavy (non-hydrogen) atoms. The number of nitrogens with zero attached hydrogens (tertiary/aromatic N) is 3. The molecule has 0 spiro atoms. The van der Waals surface area contributed by atoms with Gasteiger partial charge in [0.05, 0.1) is 29.2 Å². The van der Waals surface area contributed by atoms with E-state index in [4.69, 9.17) is 9.72 Å². The lowest BCUT2D eigenvalue weighted by molar-refractivity contribution is 0.0681. The first-order chi connectivity index (χ1) is 16.5. The van der Waals surface area contributed by atoms with Gasteiger partial charge in [-0.1, -0.05) is 37.3 Å². The van der Waals surface area contributed by atoms with Crippen molar-refractivity contribution in [1.29, 1.82) is 0 Å². The van der Waals surface area contributed by atoms with Crippen LogP contribution >= 0.6 is 0 Å². The molecule has 0 fully saturated rings. The van der Waals surface area contributed by atoms with Gasteiger partial charge in [-0.25, -0.2) is 4.98 Å². The molecule has 174 valence electrons. The predicted molar refractivity (Wildman–Crippen MR) is 135 cm³/mol. The van der Waals surface area contributed by atoms with Crippen molar-refractivity contribution in [2.45, 2.75) is 33.2 Å². The van der Waals surface area contributed by atoms with Gasteiger partial charge in [0.15, 0.2) is 0 Å². The predicted octanol–water partition coefficient (Wildman–Crippen LogP) is 5.40. The average molecular weight is 456 g/mol. The Morgan fingerprint density at radius 3 is 2.32 bits per heavy atom. The van der Waals surface area contributed by atoms with Crippen LogP contribution in [0.1, 0.15) is 49.4 Å². The van der Waals surface area contributed by atoms with Crippen LogP contribution in [0.5, 0.6) is 5.75 Å². The number of fused-ring (bicyclic) bond motifs is 1. The zero-order valence-electron chi connectivity index (χ0n) is 19.8. The highest BCUT2D eigenvalue weighted by atomic mass is 16.5. The molecular formula is C28H29N3O3. The first kappa shape index (κ1) is 23.2. The van der Waals surface area contributed by atoms with Crippen LogP contribution in [0, 0.1) is 0 Å². The molecule has 4 rings (SSSR count). The highest BCUT2D eigenvalue weighted by molar-refractivity contribution is 5.94. The van der Waals surface area contributed by atoms with E-state index in [0.29, 0.717) is 41.1 Å². The van der Waals surface area contributed by atoms with Crippen LogP contribution in [-0.4, -0.2) is 33.5 Å². The van der Waals surface area contributed by atoms with Gasteiger partial charge >= 0.3 is 0 Å². The summed E-state index contributed by atoms with van der Waals surface area (Å²) in [5, 5.41) is 0.531. The number of para-hydroxylation sites is 1. The van der Waals surface area contributed by atoms with Crippen molar-refractivity contribution in [1.82, 2.24) is 14.5 Å². The Balaban J connectivity index is 1.88. The van der Waals surface area contributed by atoms with Crippen molar-refractivity contribution >= 4 is 16.8 Å². The molecule has 0 aliphatic rings. The third kappa shape index (κ3) is 4.57. The summed E-state index contributed by atoms with van der Waals surface area (Å²) in [4.78, 5) is 33.8. The van der Waals surface area contributed by atoms with E-state index in [0.717, 1.165) is 12.2 Å². The monoisotopic (exact) mass is 455 g/mol. The maximum absolute atomic E-state index is 13.7. The van der Waals surface area contributed by atoms with Crippen LogP contribution in [0.25, 0.3) is 16.6 Å². The number of benzene rings is 3. The van der Waals surface area contributed by atoms with Crippen LogP contribution in [0.4, 0.5) is 0 Å². The van der Waals surface area contributed by atoms with E-state index in [-0.39, 0.29) is 11.5 Å². The van der Waals surface area contributed by atoms with Gasteiger partial charge in [0.25, 0.3) is 11.5 Å². The molecule has 0 radical (unpaired) electrons. The molecule has 0 N–H and O–H groups in total. The molecule has 0 aliphatic carbocycles. The fourth-order valence-electron chi connectivity index (χ4n) is 4.14. The lowest BCUT2D eigenvalue weighted by atomic mass is 10.1. The molecule has 3 aromatic carbocycles. The normalized spacial score (nSPS) is 11.9. The van der Waals surface area contributed by atoms with Gasteiger partial charge < -0.3 is 9.64 Å². The van der Waals surface area contributed by atoms with E-state index in [1.54, 1.807) is 15.5 Å². The number of hydrogen-bond donors (Lipinski definition) is 0. The Bertz CT molecular complexity index is 1330. The van der Waals surface area contributed by atoms with Crippen LogP contribution in [0.2, 0.25) is 0 Å². The van der Waals surface area contributed by atoms with Crippen molar-refractivity contribution < 1.29 is 9.53 Å². The third-order valence-electron chi connectivity index (χ3n) is 5.79. The summed E-state index contributed by atoms with van der Waals surface area (Å²) >= 11 is 0. The Hall–Kier alpha value is -3.93. The summed E-state index contributed by atoms with van der Waals surface area (Å²) in [6, 6.07) is 23.5. The Morgan fingerprint density at radius 2 is 1.65 bits per heavy atom. The van der Waals surface area contributed by atoms with E-state index in [2.05, 4.69) is 0 Å². The minimum atomic E-state index is -0.434. The summed E-state index contributed by atoms with van der Waals surface area (Å²) in [5.74, 6) is 1.16. The molecule has 0 saturated heterocycles. The number of carbonyl (C=O) groups is 1. The number of hydrogen-bond acceptors (Lipinski definition) is 4. The van der Waals surface area contributed by atoms with Gasteiger partial charge in [-0.15, -0.1) is 0 Å². The first-order valence-corrected chi connectivity index (χ1v) is 11.7. The van der Waals surface area contributed by atoms with Crippen LogP contribution in [0.3, 0.4) is 0 Å². The number of aromatic nitrogens is 2. The zero-order chi connectivity index (χ0) is 24.1. The smallest absolute Gasteiger partial charge is 0.266 e. The molecule has 1 unspecified atom stereocenters. The maximum atomic E-state index is 13.7. The molecule has 4 aromatic rings. The summed E-state index contributed by atoms with van der Waals surface area (Å²) in [6.07, 6.45) is 0.782. The van der Waals surface area contributed by atoms with Gasteiger partial charge in [-0.05, 0) is 68.8 Å². The molecule has 6 nitrogen and oxygen atoms in total. The molecular weight excluding hydrogens is 426 g/mol. The van der Waals surface area contributed by atoms with Crippen molar-refractivity contribution in [2.75, 3.05) is 13.2 Å². The maximum Gasteiger partial charge on any atom is 0.266 e. The molecule has 1 atom stereocenters. The van der Waals surface area contributed by atoms with E-state index in [1.165, 1.54) is 0 Å².